The zero-order valence-corrected chi connectivity index (χ0v) is 12.4. The molecular formula is C16H25NO3. The van der Waals surface area contributed by atoms with Crippen LogP contribution in [0.3, 0.4) is 0 Å². The van der Waals surface area contributed by atoms with Gasteiger partial charge in [0, 0.05) is 6.04 Å². The maximum Gasteiger partial charge on any atom is 0.371 e. The van der Waals surface area contributed by atoms with Gasteiger partial charge in [-0.05, 0) is 44.7 Å². The minimum absolute atomic E-state index is 0.00997. The van der Waals surface area contributed by atoms with Crippen LogP contribution in [-0.2, 0) is 0 Å². The largest absolute Gasteiger partial charge is 0.475 e. The molecule has 2 atom stereocenters. The molecule has 1 fully saturated rings. The van der Waals surface area contributed by atoms with Crippen molar-refractivity contribution in [3.05, 3.63) is 23.7 Å². The molecule has 2 N–H and O–H groups in total. The molecule has 1 aliphatic carbocycles. The van der Waals surface area contributed by atoms with Crippen molar-refractivity contribution in [1.82, 2.24) is 5.32 Å². The molecular weight excluding hydrogens is 254 g/mol. The Morgan fingerprint density at radius 2 is 1.90 bits per heavy atom. The van der Waals surface area contributed by atoms with E-state index in [2.05, 4.69) is 12.2 Å². The summed E-state index contributed by atoms with van der Waals surface area (Å²) < 4.78 is 5.36. The summed E-state index contributed by atoms with van der Waals surface area (Å²) >= 11 is 0. The molecule has 2 rings (SSSR count). The van der Waals surface area contributed by atoms with Crippen LogP contribution in [-0.4, -0.2) is 17.1 Å². The fraction of sp³-hybridized carbons (Fsp3) is 0.688. The smallest absolute Gasteiger partial charge is 0.371 e. The van der Waals surface area contributed by atoms with E-state index in [-0.39, 0.29) is 11.8 Å². The van der Waals surface area contributed by atoms with Crippen molar-refractivity contribution in [3.63, 3.8) is 0 Å². The first-order chi connectivity index (χ1) is 9.58. The van der Waals surface area contributed by atoms with Gasteiger partial charge in [0.05, 0.1) is 6.04 Å². The number of carbonyl (C=O) groups is 1. The van der Waals surface area contributed by atoms with Gasteiger partial charge in [-0.3, -0.25) is 0 Å². The van der Waals surface area contributed by atoms with E-state index in [0.717, 1.165) is 0 Å². The molecule has 4 nitrogen and oxygen atoms in total. The van der Waals surface area contributed by atoms with Crippen LogP contribution >= 0.6 is 0 Å². The molecule has 1 heterocycles. The highest BCUT2D eigenvalue weighted by Crippen LogP contribution is 2.27. The van der Waals surface area contributed by atoms with Crippen molar-refractivity contribution >= 4 is 5.97 Å². The van der Waals surface area contributed by atoms with E-state index in [0.29, 0.717) is 17.7 Å². The van der Waals surface area contributed by atoms with Gasteiger partial charge >= 0.3 is 5.97 Å². The van der Waals surface area contributed by atoms with Crippen molar-refractivity contribution in [3.8, 4) is 0 Å². The number of aromatic carboxylic acids is 1. The molecule has 1 aliphatic rings. The van der Waals surface area contributed by atoms with Gasteiger partial charge in [-0.25, -0.2) is 4.79 Å². The third-order valence-corrected chi connectivity index (χ3v) is 4.38. The molecule has 112 valence electrons. The minimum Gasteiger partial charge on any atom is -0.475 e. The predicted molar refractivity (Wildman–Crippen MR) is 77.9 cm³/mol. The number of hydrogen-bond acceptors (Lipinski definition) is 3. The van der Waals surface area contributed by atoms with Crippen LogP contribution in [0.1, 0.15) is 74.7 Å². The average molecular weight is 279 g/mol. The van der Waals surface area contributed by atoms with Gasteiger partial charge in [-0.2, -0.15) is 0 Å². The number of rotatable bonds is 5. The Bertz CT molecular complexity index is 433. The summed E-state index contributed by atoms with van der Waals surface area (Å²) in [6.45, 7) is 4.26. The molecule has 0 spiro atoms. The number of nitrogens with one attached hydrogen (secondary N) is 1. The Kier molecular flexibility index (Phi) is 5.24. The van der Waals surface area contributed by atoms with Crippen LogP contribution < -0.4 is 5.32 Å². The molecule has 0 radical (unpaired) electrons. The van der Waals surface area contributed by atoms with Crippen LogP contribution in [0, 0.1) is 5.92 Å². The van der Waals surface area contributed by atoms with Crippen molar-refractivity contribution in [2.24, 2.45) is 5.92 Å². The normalized spacial score (nSPS) is 20.3. The summed E-state index contributed by atoms with van der Waals surface area (Å²) in [5.41, 5.74) is 0. The Morgan fingerprint density at radius 1 is 1.25 bits per heavy atom. The summed E-state index contributed by atoms with van der Waals surface area (Å²) in [7, 11) is 0. The van der Waals surface area contributed by atoms with E-state index in [1.807, 2.05) is 6.92 Å². The lowest BCUT2D eigenvalue weighted by Gasteiger charge is -2.26. The fourth-order valence-corrected chi connectivity index (χ4v) is 3.12. The zero-order valence-electron chi connectivity index (χ0n) is 12.4. The van der Waals surface area contributed by atoms with Crippen LogP contribution in [0.25, 0.3) is 0 Å². The van der Waals surface area contributed by atoms with E-state index in [4.69, 9.17) is 9.52 Å². The summed E-state index contributed by atoms with van der Waals surface area (Å²) in [6.07, 6.45) is 7.96. The maximum absolute atomic E-state index is 10.8. The molecule has 0 saturated heterocycles. The fourth-order valence-electron chi connectivity index (χ4n) is 3.12. The third-order valence-electron chi connectivity index (χ3n) is 4.38. The lowest BCUT2D eigenvalue weighted by Crippen LogP contribution is -2.35. The second kappa shape index (κ2) is 6.93. The molecule has 1 aromatic rings. The lowest BCUT2D eigenvalue weighted by atomic mass is 9.92. The molecule has 0 amide bonds. The number of carboxylic acid groups (broad SMARTS) is 1. The summed E-state index contributed by atoms with van der Waals surface area (Å²) in [4.78, 5) is 10.8. The number of carboxylic acids is 1. The molecule has 0 aromatic carbocycles. The van der Waals surface area contributed by atoms with Gasteiger partial charge in [0.2, 0.25) is 5.76 Å². The van der Waals surface area contributed by atoms with Gasteiger partial charge in [-0.1, -0.05) is 25.7 Å². The van der Waals surface area contributed by atoms with E-state index in [1.54, 1.807) is 6.07 Å². The van der Waals surface area contributed by atoms with E-state index in [9.17, 15) is 4.79 Å². The van der Waals surface area contributed by atoms with E-state index < -0.39 is 5.97 Å². The van der Waals surface area contributed by atoms with Gasteiger partial charge < -0.3 is 14.8 Å². The summed E-state index contributed by atoms with van der Waals surface area (Å²) in [5, 5.41) is 12.4. The molecule has 4 heteroatoms. The second-order valence-corrected chi connectivity index (χ2v) is 5.94. The topological polar surface area (TPSA) is 62.5 Å². The van der Waals surface area contributed by atoms with E-state index in [1.165, 1.54) is 44.6 Å². The van der Waals surface area contributed by atoms with Crippen LogP contribution in [0.4, 0.5) is 0 Å². The van der Waals surface area contributed by atoms with Crippen molar-refractivity contribution in [2.45, 2.75) is 64.5 Å². The van der Waals surface area contributed by atoms with Crippen LogP contribution in [0.5, 0.6) is 0 Å². The highest BCUT2D eigenvalue weighted by atomic mass is 16.4. The van der Waals surface area contributed by atoms with Crippen molar-refractivity contribution in [1.29, 1.82) is 0 Å². The first kappa shape index (κ1) is 15.1. The first-order valence-corrected chi connectivity index (χ1v) is 7.67. The Hall–Kier alpha value is -1.29. The molecule has 1 saturated carbocycles. The molecule has 0 aliphatic heterocycles. The Labute approximate surface area is 120 Å². The van der Waals surface area contributed by atoms with Gasteiger partial charge in [0.15, 0.2) is 0 Å². The van der Waals surface area contributed by atoms with Crippen LogP contribution in [0.2, 0.25) is 0 Å². The summed E-state index contributed by atoms with van der Waals surface area (Å²) in [6, 6.07) is 3.75. The van der Waals surface area contributed by atoms with Gasteiger partial charge in [-0.15, -0.1) is 0 Å². The standard InChI is InChI=1S/C16H25NO3/c1-11(13-7-5-3-4-6-8-13)17-12(2)14-9-10-15(20-14)16(18)19/h9-13,17H,3-8H2,1-2H3,(H,18,19)/t11-,12?/m1/s1. The maximum atomic E-state index is 10.8. The second-order valence-electron chi connectivity index (χ2n) is 5.94. The Morgan fingerprint density at radius 3 is 2.45 bits per heavy atom. The molecule has 1 aromatic heterocycles. The number of hydrogen-bond donors (Lipinski definition) is 2. The lowest BCUT2D eigenvalue weighted by molar-refractivity contribution is 0.0659. The Balaban J connectivity index is 1.91. The van der Waals surface area contributed by atoms with Crippen molar-refractivity contribution in [2.75, 3.05) is 0 Å². The highest BCUT2D eigenvalue weighted by molar-refractivity contribution is 5.84. The third kappa shape index (κ3) is 3.85. The quantitative estimate of drug-likeness (QED) is 0.800. The first-order valence-electron chi connectivity index (χ1n) is 7.67. The predicted octanol–water partition coefficient (Wildman–Crippen LogP) is 3.99. The van der Waals surface area contributed by atoms with E-state index >= 15 is 0 Å². The minimum atomic E-state index is -1.01. The molecule has 20 heavy (non-hydrogen) atoms. The van der Waals surface area contributed by atoms with Crippen LogP contribution in [0.15, 0.2) is 16.5 Å². The zero-order chi connectivity index (χ0) is 14.5. The number of furan rings is 1. The van der Waals surface area contributed by atoms with Gasteiger partial charge in [0.25, 0.3) is 0 Å². The highest BCUT2D eigenvalue weighted by Gasteiger charge is 2.22. The summed E-state index contributed by atoms with van der Waals surface area (Å²) in [5.74, 6) is 0.410. The molecule has 0 bridgehead atoms. The molecule has 1 unspecified atom stereocenters. The SMILES string of the molecule is CC(N[C@H](C)C1CCCCCC1)c1ccc(C(=O)O)o1. The van der Waals surface area contributed by atoms with Gasteiger partial charge in [0.1, 0.15) is 5.76 Å². The monoisotopic (exact) mass is 279 g/mol. The van der Waals surface area contributed by atoms with Crippen molar-refractivity contribution < 1.29 is 14.3 Å². The average Bonchev–Trinajstić information content (AvgIpc) is 2.75.